The van der Waals surface area contributed by atoms with Gasteiger partial charge in [-0.25, -0.2) is 0 Å². The molecule has 0 amide bonds. The van der Waals surface area contributed by atoms with Crippen LogP contribution < -0.4 is 0 Å². The van der Waals surface area contributed by atoms with Crippen molar-refractivity contribution in [1.29, 1.82) is 0 Å². The first kappa shape index (κ1) is 48.7. The second-order valence-electron chi connectivity index (χ2n) is 16.9. The molecular weight excluding hydrogens is 620 g/mol. The van der Waals surface area contributed by atoms with Crippen LogP contribution in [0.25, 0.3) is 0 Å². The molecule has 0 aromatic heterocycles. The molecule has 8 nitrogen and oxygen atoms in total. The summed E-state index contributed by atoms with van der Waals surface area (Å²) in [5.74, 6) is 0. The Bertz CT molecular complexity index is 581. The molecule has 8 N–H and O–H groups in total. The van der Waals surface area contributed by atoms with E-state index in [4.69, 9.17) is 10.2 Å². The summed E-state index contributed by atoms with van der Waals surface area (Å²) in [6.07, 6.45) is 32.7. The molecule has 0 radical (unpaired) electrons. The van der Waals surface area contributed by atoms with Crippen molar-refractivity contribution in [2.75, 3.05) is 52.9 Å². The highest BCUT2D eigenvalue weighted by atomic mass is 16.3. The SMILES string of the molecule is CC(C)(CO)CO.OCC1(CO)CCCCCCCCC1.OCC1(CO)CCCCCCCCC1.OCC1(CO)CCCCCCCCC1. The Labute approximate surface area is 302 Å². The highest BCUT2D eigenvalue weighted by Gasteiger charge is 2.29. The van der Waals surface area contributed by atoms with Gasteiger partial charge in [0.2, 0.25) is 0 Å². The molecule has 3 aliphatic carbocycles. The molecule has 49 heavy (non-hydrogen) atoms. The molecule has 296 valence electrons. The third-order valence-corrected chi connectivity index (χ3v) is 11.6. The summed E-state index contributed by atoms with van der Waals surface area (Å²) in [5.41, 5.74) is -0.813. The predicted molar refractivity (Wildman–Crippen MR) is 202 cm³/mol. The van der Waals surface area contributed by atoms with Gasteiger partial charge in [-0.15, -0.1) is 0 Å². The first-order valence-corrected chi connectivity index (χ1v) is 20.5. The zero-order valence-corrected chi connectivity index (χ0v) is 32.3. The van der Waals surface area contributed by atoms with E-state index in [-0.39, 0.29) is 74.5 Å². The number of hydrogen-bond acceptors (Lipinski definition) is 8. The van der Waals surface area contributed by atoms with Crippen LogP contribution in [0, 0.1) is 21.7 Å². The van der Waals surface area contributed by atoms with Crippen LogP contribution in [-0.4, -0.2) is 93.7 Å². The van der Waals surface area contributed by atoms with Crippen LogP contribution in [0.15, 0.2) is 0 Å². The second kappa shape index (κ2) is 30.2. The van der Waals surface area contributed by atoms with E-state index in [1.54, 1.807) is 13.8 Å². The Morgan fingerprint density at radius 2 is 0.429 bits per heavy atom. The molecule has 8 heteroatoms. The maximum Gasteiger partial charge on any atom is 0.0509 e. The maximum atomic E-state index is 9.36. The van der Waals surface area contributed by atoms with Gasteiger partial charge in [0, 0.05) is 21.7 Å². The van der Waals surface area contributed by atoms with Crippen LogP contribution in [0.1, 0.15) is 187 Å². The van der Waals surface area contributed by atoms with Crippen molar-refractivity contribution in [1.82, 2.24) is 0 Å². The monoisotopic (exact) mass is 705 g/mol. The molecule has 0 heterocycles. The molecule has 3 saturated carbocycles. The van der Waals surface area contributed by atoms with E-state index < -0.39 is 0 Å². The van der Waals surface area contributed by atoms with Crippen LogP contribution in [0.5, 0.6) is 0 Å². The van der Waals surface area contributed by atoms with Crippen LogP contribution >= 0.6 is 0 Å². The minimum absolute atomic E-state index is 0.0451. The molecule has 0 atom stereocenters. The maximum absolute atomic E-state index is 9.36. The van der Waals surface area contributed by atoms with Crippen LogP contribution in [0.3, 0.4) is 0 Å². The lowest BCUT2D eigenvalue weighted by Crippen LogP contribution is -2.30. The molecule has 3 aliphatic rings. The van der Waals surface area contributed by atoms with E-state index in [9.17, 15) is 30.6 Å². The van der Waals surface area contributed by atoms with Crippen LogP contribution in [0.4, 0.5) is 0 Å². The summed E-state index contributed by atoms with van der Waals surface area (Å²) in [5, 5.41) is 73.0. The summed E-state index contributed by atoms with van der Waals surface area (Å²) >= 11 is 0. The summed E-state index contributed by atoms with van der Waals surface area (Å²) in [7, 11) is 0. The summed E-state index contributed by atoms with van der Waals surface area (Å²) < 4.78 is 0. The minimum atomic E-state index is -0.306. The van der Waals surface area contributed by atoms with Crippen molar-refractivity contribution in [2.24, 2.45) is 21.7 Å². The largest absolute Gasteiger partial charge is 0.396 e. The summed E-state index contributed by atoms with van der Waals surface area (Å²) in [6, 6.07) is 0. The standard InChI is InChI=1S/3C12H24O2.C5H12O2/c3*13-10-12(11-14)8-6-4-2-1-3-5-7-9-12;1-5(2,3-6)4-7/h3*13-14H,1-11H2;6-7H,3-4H2,1-2H3. The third-order valence-electron chi connectivity index (χ3n) is 11.6. The fraction of sp³-hybridized carbons (Fsp3) is 1.00. The number of aliphatic hydroxyl groups is 8. The highest BCUT2D eigenvalue weighted by molar-refractivity contribution is 4.80. The van der Waals surface area contributed by atoms with Gasteiger partial charge in [-0.05, 0) is 38.5 Å². The van der Waals surface area contributed by atoms with Crippen molar-refractivity contribution in [2.45, 2.75) is 187 Å². The van der Waals surface area contributed by atoms with Gasteiger partial charge in [0.25, 0.3) is 0 Å². The van der Waals surface area contributed by atoms with Gasteiger partial charge in [0.15, 0.2) is 0 Å². The minimum Gasteiger partial charge on any atom is -0.396 e. The van der Waals surface area contributed by atoms with E-state index in [2.05, 4.69) is 0 Å². The predicted octanol–water partition coefficient (Wildman–Crippen LogP) is 7.44. The average Bonchev–Trinajstić information content (AvgIpc) is 3.15. The van der Waals surface area contributed by atoms with E-state index in [1.807, 2.05) is 0 Å². The summed E-state index contributed by atoms with van der Waals surface area (Å²) in [6.45, 7) is 4.62. The topological polar surface area (TPSA) is 162 Å². The third kappa shape index (κ3) is 23.1. The Balaban J connectivity index is 0.000000645. The van der Waals surface area contributed by atoms with Crippen molar-refractivity contribution in [3.63, 3.8) is 0 Å². The summed E-state index contributed by atoms with van der Waals surface area (Å²) in [4.78, 5) is 0. The van der Waals surface area contributed by atoms with Gasteiger partial charge >= 0.3 is 0 Å². The van der Waals surface area contributed by atoms with E-state index in [0.717, 1.165) is 38.5 Å². The van der Waals surface area contributed by atoms with Gasteiger partial charge in [-0.2, -0.15) is 0 Å². The fourth-order valence-electron chi connectivity index (χ4n) is 7.18. The molecule has 0 aromatic carbocycles. The Hall–Kier alpha value is -0.320. The molecule has 3 rings (SSSR count). The zero-order chi connectivity index (χ0) is 36.7. The quantitative estimate of drug-likeness (QED) is 0.129. The molecule has 0 aliphatic heterocycles. The molecular formula is C41H84O8. The van der Waals surface area contributed by atoms with Crippen LogP contribution in [-0.2, 0) is 0 Å². The van der Waals surface area contributed by atoms with Crippen LogP contribution in [0.2, 0.25) is 0 Å². The second-order valence-corrected chi connectivity index (χ2v) is 16.9. The first-order valence-electron chi connectivity index (χ1n) is 20.5. The van der Waals surface area contributed by atoms with Crippen molar-refractivity contribution >= 4 is 0 Å². The fourth-order valence-corrected chi connectivity index (χ4v) is 7.18. The Kier molecular flexibility index (Phi) is 30.0. The van der Waals surface area contributed by atoms with E-state index in [0.29, 0.717) is 0 Å². The van der Waals surface area contributed by atoms with Gasteiger partial charge in [-0.3, -0.25) is 0 Å². The Morgan fingerprint density at radius 1 is 0.286 bits per heavy atom. The average molecular weight is 705 g/mol. The molecule has 3 fully saturated rings. The highest BCUT2D eigenvalue weighted by Crippen LogP contribution is 2.34. The molecule has 0 aromatic rings. The molecule has 0 spiro atoms. The number of aliphatic hydroxyl groups excluding tert-OH is 8. The normalized spacial score (nSPS) is 22.7. The van der Waals surface area contributed by atoms with Gasteiger partial charge in [-0.1, -0.05) is 149 Å². The van der Waals surface area contributed by atoms with Crippen molar-refractivity contribution in [3.8, 4) is 0 Å². The van der Waals surface area contributed by atoms with Crippen molar-refractivity contribution in [3.05, 3.63) is 0 Å². The lowest BCUT2D eigenvalue weighted by atomic mass is 9.78. The lowest BCUT2D eigenvalue weighted by Gasteiger charge is -2.30. The number of hydrogen-bond donors (Lipinski definition) is 8. The van der Waals surface area contributed by atoms with E-state index in [1.165, 1.54) is 135 Å². The molecule has 0 saturated heterocycles. The Morgan fingerprint density at radius 3 is 0.531 bits per heavy atom. The van der Waals surface area contributed by atoms with Crippen molar-refractivity contribution < 1.29 is 40.9 Å². The van der Waals surface area contributed by atoms with Gasteiger partial charge < -0.3 is 40.9 Å². The molecule has 0 bridgehead atoms. The van der Waals surface area contributed by atoms with Gasteiger partial charge in [0.05, 0.1) is 52.9 Å². The van der Waals surface area contributed by atoms with E-state index >= 15 is 0 Å². The lowest BCUT2D eigenvalue weighted by molar-refractivity contribution is 0.0343. The first-order chi connectivity index (χ1) is 23.6. The smallest absolute Gasteiger partial charge is 0.0509 e. The van der Waals surface area contributed by atoms with Gasteiger partial charge in [0.1, 0.15) is 0 Å². The zero-order valence-electron chi connectivity index (χ0n) is 32.3. The number of rotatable bonds is 8. The molecule has 0 unspecified atom stereocenters.